The van der Waals surface area contributed by atoms with Gasteiger partial charge in [-0.25, -0.2) is 14.4 Å². The molecule has 198 valence electrons. The van der Waals surface area contributed by atoms with E-state index in [0.717, 1.165) is 22.3 Å². The van der Waals surface area contributed by atoms with Crippen LogP contribution < -0.4 is 9.80 Å². The summed E-state index contributed by atoms with van der Waals surface area (Å²) in [6, 6.07) is 11.1. The molecule has 1 aliphatic rings. The highest BCUT2D eigenvalue weighted by atomic mass is 79.9. The summed E-state index contributed by atoms with van der Waals surface area (Å²) in [6.07, 6.45) is -1.17. The average molecular weight is 590 g/mol. The number of rotatable bonds is 6. The fourth-order valence-corrected chi connectivity index (χ4v) is 5.07. The van der Waals surface area contributed by atoms with Crippen LogP contribution in [-0.2, 0) is 12.6 Å². The van der Waals surface area contributed by atoms with E-state index in [1.54, 1.807) is 17.4 Å². The largest absolute Gasteiger partial charge is 0.417 e. The average Bonchev–Trinajstić information content (AvgIpc) is 3.22. The number of benzene rings is 1. The van der Waals surface area contributed by atoms with E-state index in [9.17, 15) is 18.0 Å². The lowest BCUT2D eigenvalue weighted by Gasteiger charge is -2.37. The van der Waals surface area contributed by atoms with Gasteiger partial charge in [0.05, 0.1) is 16.9 Å². The van der Waals surface area contributed by atoms with Gasteiger partial charge < -0.3 is 9.80 Å². The van der Waals surface area contributed by atoms with E-state index in [1.165, 1.54) is 12.1 Å². The first kappa shape index (κ1) is 26.1. The van der Waals surface area contributed by atoms with Crippen LogP contribution in [0, 0.1) is 12.7 Å². The third kappa shape index (κ3) is 5.38. The number of carbonyl (C=O) groups excluding carboxylic acids is 1. The number of halogens is 5. The smallest absolute Gasteiger partial charge is 0.366 e. The van der Waals surface area contributed by atoms with Gasteiger partial charge in [-0.15, -0.1) is 0 Å². The summed E-state index contributed by atoms with van der Waals surface area (Å²) in [7, 11) is 0. The predicted octanol–water partition coefficient (Wildman–Crippen LogP) is 6.10. The zero-order valence-corrected chi connectivity index (χ0v) is 22.1. The summed E-state index contributed by atoms with van der Waals surface area (Å²) in [5.41, 5.74) is 2.27. The Morgan fingerprint density at radius 1 is 1.03 bits per heavy atom. The second-order valence-electron chi connectivity index (χ2n) is 9.21. The molecular weight excluding hydrogens is 566 g/mol. The molecule has 1 saturated heterocycles. The Balaban J connectivity index is 1.20. The molecule has 1 aromatic carbocycles. The lowest BCUT2D eigenvalue weighted by atomic mass is 10.0. The number of anilines is 2. The van der Waals surface area contributed by atoms with E-state index < -0.39 is 11.7 Å². The molecule has 4 aromatic rings. The number of Topliss-reactive ketones (excluding diaryl/α,β-unsaturated/α-hetero) is 1. The van der Waals surface area contributed by atoms with Gasteiger partial charge in [0.15, 0.2) is 5.78 Å². The fourth-order valence-electron chi connectivity index (χ4n) is 4.73. The Labute approximate surface area is 225 Å². The third-order valence-electron chi connectivity index (χ3n) is 6.69. The first-order valence-electron chi connectivity index (χ1n) is 12.1. The van der Waals surface area contributed by atoms with Crippen LogP contribution in [0.15, 0.2) is 59.3 Å². The molecule has 0 amide bonds. The van der Waals surface area contributed by atoms with Gasteiger partial charge in [-0.2, -0.15) is 13.2 Å². The first-order valence-corrected chi connectivity index (χ1v) is 12.9. The van der Waals surface area contributed by atoms with E-state index in [4.69, 9.17) is 0 Å². The summed E-state index contributed by atoms with van der Waals surface area (Å²) < 4.78 is 56.0. The molecule has 0 radical (unpaired) electrons. The van der Waals surface area contributed by atoms with E-state index in [1.807, 2.05) is 34.2 Å². The lowest BCUT2D eigenvalue weighted by molar-refractivity contribution is -0.137. The molecule has 38 heavy (non-hydrogen) atoms. The molecule has 0 saturated carbocycles. The molecule has 1 aliphatic heterocycles. The minimum absolute atomic E-state index is 0.0643. The maximum absolute atomic E-state index is 15.0. The van der Waals surface area contributed by atoms with Crippen LogP contribution in [-0.4, -0.2) is 46.3 Å². The molecule has 0 bridgehead atoms. The maximum Gasteiger partial charge on any atom is 0.417 e. The summed E-state index contributed by atoms with van der Waals surface area (Å²) in [5.74, 6) is 0.0308. The standard InChI is InChI=1S/C27H24BrF4N5O/c1-17-26(37-16-20(28)5-9-25(37)34-17)23(38)7-3-18-2-6-22(21(29)14-18)35-10-12-36(13-11-35)24-8-4-19(15-33-24)27(30,31)32/h2,4-6,8-9,14-16H,3,7,10-13H2,1H3. The van der Waals surface area contributed by atoms with Gasteiger partial charge >= 0.3 is 6.18 Å². The number of hydrogen-bond acceptors (Lipinski definition) is 5. The summed E-state index contributed by atoms with van der Waals surface area (Å²) in [6.45, 7) is 3.81. The van der Waals surface area contributed by atoms with Crippen LogP contribution in [0.4, 0.5) is 29.1 Å². The molecule has 0 aliphatic carbocycles. The van der Waals surface area contributed by atoms with E-state index in [2.05, 4.69) is 25.9 Å². The van der Waals surface area contributed by atoms with E-state index >= 15 is 4.39 Å². The minimum atomic E-state index is -4.43. The molecule has 6 nitrogen and oxygen atoms in total. The minimum Gasteiger partial charge on any atom is -0.366 e. The van der Waals surface area contributed by atoms with Crippen LogP contribution >= 0.6 is 15.9 Å². The Kier molecular flexibility index (Phi) is 7.13. The van der Waals surface area contributed by atoms with Gasteiger partial charge in [-0.1, -0.05) is 6.07 Å². The van der Waals surface area contributed by atoms with Crippen molar-refractivity contribution in [1.29, 1.82) is 0 Å². The molecule has 4 heterocycles. The molecule has 3 aromatic heterocycles. The van der Waals surface area contributed by atoms with E-state index in [0.29, 0.717) is 61.1 Å². The fraction of sp³-hybridized carbons (Fsp3) is 0.296. The normalized spacial score (nSPS) is 14.4. The van der Waals surface area contributed by atoms with Crippen LogP contribution in [0.5, 0.6) is 0 Å². The quantitative estimate of drug-likeness (QED) is 0.201. The highest BCUT2D eigenvalue weighted by molar-refractivity contribution is 9.10. The second-order valence-corrected chi connectivity index (χ2v) is 10.1. The molecule has 0 N–H and O–H groups in total. The molecule has 0 atom stereocenters. The summed E-state index contributed by atoms with van der Waals surface area (Å²) >= 11 is 3.42. The monoisotopic (exact) mass is 589 g/mol. The number of carbonyl (C=O) groups is 1. The van der Waals surface area contributed by atoms with Gasteiger partial charge in [0.25, 0.3) is 0 Å². The molecule has 1 fully saturated rings. The Hall–Kier alpha value is -3.47. The molecule has 5 rings (SSSR count). The molecule has 11 heteroatoms. The Morgan fingerprint density at radius 3 is 2.42 bits per heavy atom. The highest BCUT2D eigenvalue weighted by Gasteiger charge is 2.31. The zero-order valence-electron chi connectivity index (χ0n) is 20.5. The highest BCUT2D eigenvalue weighted by Crippen LogP contribution is 2.30. The topological polar surface area (TPSA) is 53.7 Å². The van der Waals surface area contributed by atoms with Crippen molar-refractivity contribution >= 4 is 38.9 Å². The number of hydrogen-bond donors (Lipinski definition) is 0. The summed E-state index contributed by atoms with van der Waals surface area (Å²) in [5, 5.41) is 0. The molecule has 0 unspecified atom stereocenters. The number of aromatic nitrogens is 3. The molecular formula is C27H24BrF4N5O. The van der Waals surface area contributed by atoms with Gasteiger partial charge in [-0.3, -0.25) is 9.20 Å². The Bertz CT molecular complexity index is 1480. The number of pyridine rings is 2. The van der Waals surface area contributed by atoms with Crippen molar-refractivity contribution in [3.05, 3.63) is 87.7 Å². The second kappa shape index (κ2) is 10.4. The van der Waals surface area contributed by atoms with Crippen LogP contribution in [0.3, 0.4) is 0 Å². The van der Waals surface area contributed by atoms with E-state index in [-0.39, 0.29) is 18.0 Å². The lowest BCUT2D eigenvalue weighted by Crippen LogP contribution is -2.47. The van der Waals surface area contributed by atoms with Crippen LogP contribution in [0.2, 0.25) is 0 Å². The van der Waals surface area contributed by atoms with Crippen molar-refractivity contribution in [2.75, 3.05) is 36.0 Å². The summed E-state index contributed by atoms with van der Waals surface area (Å²) in [4.78, 5) is 25.2. The number of aryl methyl sites for hydroxylation is 2. The number of piperazine rings is 1. The number of ketones is 1. The van der Waals surface area contributed by atoms with Gasteiger partial charge in [0.1, 0.15) is 23.0 Å². The number of fused-ring (bicyclic) bond motifs is 1. The van der Waals surface area contributed by atoms with Crippen LogP contribution in [0.25, 0.3) is 5.65 Å². The van der Waals surface area contributed by atoms with Gasteiger partial charge in [0.2, 0.25) is 0 Å². The van der Waals surface area contributed by atoms with Gasteiger partial charge in [-0.05, 0) is 71.2 Å². The van der Waals surface area contributed by atoms with Crippen molar-refractivity contribution < 1.29 is 22.4 Å². The van der Waals surface area contributed by atoms with Crippen molar-refractivity contribution in [3.8, 4) is 0 Å². The predicted molar refractivity (Wildman–Crippen MR) is 140 cm³/mol. The number of imidazole rings is 1. The van der Waals surface area contributed by atoms with Crippen molar-refractivity contribution in [2.24, 2.45) is 0 Å². The van der Waals surface area contributed by atoms with Gasteiger partial charge in [0, 0.05) is 49.5 Å². The van der Waals surface area contributed by atoms with Crippen molar-refractivity contribution in [2.45, 2.75) is 25.9 Å². The number of nitrogens with zero attached hydrogens (tertiary/aromatic N) is 5. The van der Waals surface area contributed by atoms with Crippen molar-refractivity contribution in [3.63, 3.8) is 0 Å². The molecule has 0 spiro atoms. The van der Waals surface area contributed by atoms with Crippen LogP contribution in [0.1, 0.15) is 33.7 Å². The maximum atomic E-state index is 15.0. The third-order valence-corrected chi connectivity index (χ3v) is 7.16. The number of alkyl halides is 3. The zero-order chi connectivity index (χ0) is 27.0. The SMILES string of the molecule is Cc1nc2ccc(Br)cn2c1C(=O)CCc1ccc(N2CCN(c3ccc(C(F)(F)F)cn3)CC2)c(F)c1. The van der Waals surface area contributed by atoms with Crippen molar-refractivity contribution in [1.82, 2.24) is 14.4 Å². The first-order chi connectivity index (χ1) is 18.1. The Morgan fingerprint density at radius 2 is 1.76 bits per heavy atom.